The first kappa shape index (κ1) is 18.2. The molecule has 2 aliphatic rings. The van der Waals surface area contributed by atoms with Crippen molar-refractivity contribution in [3.8, 4) is 0 Å². The molecule has 1 aliphatic carbocycles. The van der Waals surface area contributed by atoms with Crippen LogP contribution in [0.4, 0.5) is 5.82 Å². The van der Waals surface area contributed by atoms with Crippen LogP contribution in [0.1, 0.15) is 25.3 Å². The van der Waals surface area contributed by atoms with Crippen LogP contribution in [-0.4, -0.2) is 55.1 Å². The third-order valence-corrected chi connectivity index (χ3v) is 8.57. The van der Waals surface area contributed by atoms with Gasteiger partial charge in [-0.15, -0.1) is 5.10 Å². The lowest BCUT2D eigenvalue weighted by atomic mass is 10.1. The van der Waals surface area contributed by atoms with Crippen molar-refractivity contribution in [3.63, 3.8) is 0 Å². The number of rotatable bonds is 3. The molecule has 1 unspecified atom stereocenters. The molecule has 0 aromatic carbocycles. The summed E-state index contributed by atoms with van der Waals surface area (Å²) in [5.41, 5.74) is 1.65. The van der Waals surface area contributed by atoms with Crippen LogP contribution in [0.15, 0.2) is 6.07 Å². The van der Waals surface area contributed by atoms with Crippen LogP contribution >= 0.6 is 45.2 Å². The lowest BCUT2D eigenvalue weighted by molar-refractivity contribution is 0.0984. The number of imidazole rings is 1. The molecule has 0 bridgehead atoms. The topological polar surface area (TPSA) is 76.8 Å². The predicted molar refractivity (Wildman–Crippen MR) is 112 cm³/mol. The smallest absolute Gasteiger partial charge is 0.193 e. The monoisotopic (exact) mass is 588 g/mol. The predicted octanol–water partition coefficient (Wildman–Crippen LogP) is 2.20. The van der Waals surface area contributed by atoms with Crippen molar-refractivity contribution in [1.29, 1.82) is 0 Å². The Morgan fingerprint density at radius 1 is 1.36 bits per heavy atom. The Balaban J connectivity index is 1.98. The molecule has 1 saturated heterocycles. The standard InChI is InChI=1S/C15H18I2N4O3S/c1-9-8-24-6-5-20(9)11-7-10(15(3-4-15)25(2,22)23)12-13(16)18-14(17)21(12)19-11/h7,9H,3-6,8H2,1-2H3. The first-order chi connectivity index (χ1) is 11.7. The minimum Gasteiger partial charge on any atom is -0.377 e. The maximum atomic E-state index is 12.5. The van der Waals surface area contributed by atoms with Crippen molar-refractivity contribution in [1.82, 2.24) is 14.6 Å². The van der Waals surface area contributed by atoms with Crippen molar-refractivity contribution in [2.24, 2.45) is 0 Å². The summed E-state index contributed by atoms with van der Waals surface area (Å²) in [6.45, 7) is 4.13. The highest BCUT2D eigenvalue weighted by molar-refractivity contribution is 14.1. The summed E-state index contributed by atoms with van der Waals surface area (Å²) >= 11 is 4.32. The van der Waals surface area contributed by atoms with Crippen LogP contribution in [0.25, 0.3) is 5.52 Å². The molecule has 7 nitrogen and oxygen atoms in total. The first-order valence-electron chi connectivity index (χ1n) is 8.04. The number of hydrogen-bond acceptors (Lipinski definition) is 6. The Morgan fingerprint density at radius 2 is 2.08 bits per heavy atom. The number of ether oxygens (including phenoxy) is 1. The molecule has 136 valence electrons. The lowest BCUT2D eigenvalue weighted by Crippen LogP contribution is -2.44. The van der Waals surface area contributed by atoms with Crippen molar-refractivity contribution in [3.05, 3.63) is 19.2 Å². The number of sulfone groups is 1. The van der Waals surface area contributed by atoms with Crippen LogP contribution in [-0.2, 0) is 19.3 Å². The van der Waals surface area contributed by atoms with Crippen molar-refractivity contribution < 1.29 is 13.2 Å². The van der Waals surface area contributed by atoms with Gasteiger partial charge in [-0.05, 0) is 48.4 Å². The van der Waals surface area contributed by atoms with Gasteiger partial charge in [0.25, 0.3) is 0 Å². The van der Waals surface area contributed by atoms with E-state index in [2.05, 4.69) is 62.0 Å². The van der Waals surface area contributed by atoms with Gasteiger partial charge >= 0.3 is 0 Å². The van der Waals surface area contributed by atoms with Crippen molar-refractivity contribution >= 4 is 66.4 Å². The maximum Gasteiger partial charge on any atom is 0.193 e. The van der Waals surface area contributed by atoms with Gasteiger partial charge in [-0.1, -0.05) is 0 Å². The highest BCUT2D eigenvalue weighted by atomic mass is 127. The van der Waals surface area contributed by atoms with Crippen LogP contribution in [0.2, 0.25) is 0 Å². The number of morpholine rings is 1. The second-order valence-corrected chi connectivity index (χ2v) is 11.0. The second kappa shape index (κ2) is 6.16. The SMILES string of the molecule is CC1COCCN1c1cc(C2(S(C)(=O)=O)CC2)c2c(I)nc(I)n2n1. The number of hydrogen-bond donors (Lipinski definition) is 0. The van der Waals surface area contributed by atoms with Gasteiger partial charge in [-0.2, -0.15) is 0 Å². The van der Waals surface area contributed by atoms with Crippen molar-refractivity contribution in [2.75, 3.05) is 30.9 Å². The van der Waals surface area contributed by atoms with Crippen LogP contribution in [0, 0.1) is 7.53 Å². The van der Waals surface area contributed by atoms with E-state index >= 15 is 0 Å². The summed E-state index contributed by atoms with van der Waals surface area (Å²) in [5.74, 6) is 0.792. The van der Waals surface area contributed by atoms with Crippen LogP contribution < -0.4 is 4.90 Å². The van der Waals surface area contributed by atoms with Crippen LogP contribution in [0.3, 0.4) is 0 Å². The molecule has 0 spiro atoms. The fourth-order valence-corrected chi connectivity index (χ4v) is 6.71. The largest absolute Gasteiger partial charge is 0.377 e. The van der Waals surface area contributed by atoms with E-state index in [-0.39, 0.29) is 6.04 Å². The molecule has 25 heavy (non-hydrogen) atoms. The average molecular weight is 588 g/mol. The highest BCUT2D eigenvalue weighted by Gasteiger charge is 2.55. The van der Waals surface area contributed by atoms with E-state index in [1.54, 1.807) is 4.52 Å². The van der Waals surface area contributed by atoms with Gasteiger partial charge < -0.3 is 9.64 Å². The molecule has 1 aliphatic heterocycles. The fourth-order valence-electron chi connectivity index (χ4n) is 3.51. The van der Waals surface area contributed by atoms with E-state index in [0.29, 0.717) is 26.1 Å². The zero-order valence-corrected chi connectivity index (χ0v) is 19.0. The number of aromatic nitrogens is 3. The molecular weight excluding hydrogens is 570 g/mol. The summed E-state index contributed by atoms with van der Waals surface area (Å²) < 4.78 is 33.1. The Bertz CT molecular complexity index is 955. The van der Waals surface area contributed by atoms with E-state index in [4.69, 9.17) is 9.84 Å². The lowest BCUT2D eigenvalue weighted by Gasteiger charge is -2.34. The molecule has 2 aromatic heterocycles. The number of halogens is 2. The minimum atomic E-state index is -3.22. The average Bonchev–Trinajstić information content (AvgIpc) is 3.30. The van der Waals surface area contributed by atoms with Gasteiger partial charge in [0.1, 0.15) is 15.0 Å². The van der Waals surface area contributed by atoms with E-state index in [9.17, 15) is 8.42 Å². The number of fused-ring (bicyclic) bond motifs is 1. The summed E-state index contributed by atoms with van der Waals surface area (Å²) in [6.07, 6.45) is 2.64. The summed E-state index contributed by atoms with van der Waals surface area (Å²) in [6, 6.07) is 2.16. The molecule has 10 heteroatoms. The molecular formula is C15H18I2N4O3S. The van der Waals surface area contributed by atoms with Gasteiger partial charge in [0.15, 0.2) is 13.7 Å². The molecule has 0 amide bonds. The Labute approximate surface area is 173 Å². The summed E-state index contributed by atoms with van der Waals surface area (Å²) in [4.78, 5) is 6.70. The van der Waals surface area contributed by atoms with Gasteiger partial charge in [0, 0.05) is 41.0 Å². The molecule has 1 saturated carbocycles. The Hall–Kier alpha value is -0.210. The van der Waals surface area contributed by atoms with E-state index in [0.717, 1.165) is 31.0 Å². The molecule has 2 aromatic rings. The normalized spacial score (nSPS) is 23.2. The Morgan fingerprint density at radius 3 is 2.68 bits per heavy atom. The van der Waals surface area contributed by atoms with E-state index in [1.807, 2.05) is 6.07 Å². The fraction of sp³-hybridized carbons (Fsp3) is 0.600. The molecule has 1 atom stereocenters. The quantitative estimate of drug-likeness (QED) is 0.513. The maximum absolute atomic E-state index is 12.5. The van der Waals surface area contributed by atoms with Crippen molar-refractivity contribution in [2.45, 2.75) is 30.6 Å². The molecule has 4 rings (SSSR count). The zero-order chi connectivity index (χ0) is 18.0. The minimum absolute atomic E-state index is 0.195. The number of anilines is 1. The first-order valence-corrected chi connectivity index (χ1v) is 12.1. The second-order valence-electron chi connectivity index (χ2n) is 6.73. The van der Waals surface area contributed by atoms with Gasteiger partial charge in [-0.3, -0.25) is 0 Å². The summed E-state index contributed by atoms with van der Waals surface area (Å²) in [7, 11) is -3.22. The zero-order valence-electron chi connectivity index (χ0n) is 13.9. The molecule has 0 N–H and O–H groups in total. The molecule has 0 radical (unpaired) electrons. The highest BCUT2D eigenvalue weighted by Crippen LogP contribution is 2.54. The Kier molecular flexibility index (Phi) is 4.48. The van der Waals surface area contributed by atoms with Crippen LogP contribution in [0.5, 0.6) is 0 Å². The van der Waals surface area contributed by atoms with Gasteiger partial charge in [0.2, 0.25) is 0 Å². The molecule has 3 heterocycles. The third-order valence-electron chi connectivity index (χ3n) is 5.07. The van der Waals surface area contributed by atoms with Gasteiger partial charge in [-0.25, -0.2) is 17.9 Å². The van der Waals surface area contributed by atoms with Gasteiger partial charge in [0.05, 0.1) is 24.0 Å². The van der Waals surface area contributed by atoms with E-state index < -0.39 is 14.6 Å². The third kappa shape index (κ3) is 2.87. The summed E-state index contributed by atoms with van der Waals surface area (Å²) in [5, 5.41) is 4.77. The molecule has 2 fully saturated rings. The van der Waals surface area contributed by atoms with E-state index in [1.165, 1.54) is 6.26 Å². The number of nitrogens with zero attached hydrogens (tertiary/aromatic N) is 4.